The molecule has 0 saturated heterocycles. The minimum Gasteiger partial charge on any atom is -0.492 e. The number of nitrogen functional groups attached to an aromatic ring is 1. The highest BCUT2D eigenvalue weighted by Crippen LogP contribution is 2.33. The largest absolute Gasteiger partial charge is 0.492 e. The van der Waals surface area contributed by atoms with Crippen LogP contribution in [0.15, 0.2) is 23.0 Å². The van der Waals surface area contributed by atoms with Gasteiger partial charge in [0.2, 0.25) is 5.75 Å². The number of hydrogen-bond acceptors (Lipinski definition) is 4. The molecule has 2 rings (SSSR count). The molecule has 0 aliphatic heterocycles. The van der Waals surface area contributed by atoms with Crippen LogP contribution in [0.2, 0.25) is 0 Å². The smallest absolute Gasteiger partial charge is 0.297 e. The summed E-state index contributed by atoms with van der Waals surface area (Å²) in [4.78, 5) is 13.0. The molecule has 0 unspecified atom stereocenters. The molecule has 0 fully saturated rings. The average molecular weight is 346 g/mol. The summed E-state index contributed by atoms with van der Waals surface area (Å²) in [5, 5.41) is 0.860. The Morgan fingerprint density at radius 1 is 1.04 bits per heavy atom. The topological polar surface area (TPSA) is 66.5 Å². The van der Waals surface area contributed by atoms with Crippen LogP contribution in [-0.4, -0.2) is 18.3 Å². The van der Waals surface area contributed by atoms with Crippen LogP contribution in [0.25, 0.3) is 10.9 Å². The first kappa shape index (κ1) is 19.2. The Bertz CT molecular complexity index is 753. The van der Waals surface area contributed by atoms with Crippen molar-refractivity contribution in [1.82, 2.24) is 4.57 Å². The first-order valence-corrected chi connectivity index (χ1v) is 9.26. The van der Waals surface area contributed by atoms with Crippen molar-refractivity contribution in [2.75, 3.05) is 19.5 Å². The van der Waals surface area contributed by atoms with Crippen molar-refractivity contribution in [3.8, 4) is 11.5 Å². The molecule has 138 valence electrons. The third-order valence-electron chi connectivity index (χ3n) is 4.39. The third kappa shape index (κ3) is 4.47. The van der Waals surface area contributed by atoms with Crippen molar-refractivity contribution in [1.29, 1.82) is 0 Å². The molecule has 0 amide bonds. The maximum Gasteiger partial charge on any atom is 0.297 e. The number of fused-ring (bicyclic) bond motifs is 1. The summed E-state index contributed by atoms with van der Waals surface area (Å²) in [7, 11) is 1.57. The van der Waals surface area contributed by atoms with Crippen molar-refractivity contribution in [3.05, 3.63) is 28.6 Å². The lowest BCUT2D eigenvalue weighted by atomic mass is 10.1. The van der Waals surface area contributed by atoms with Crippen molar-refractivity contribution in [2.45, 2.75) is 58.9 Å². The molecule has 0 aliphatic rings. The number of methoxy groups -OCH3 is 1. The predicted octanol–water partition coefficient (Wildman–Crippen LogP) is 4.35. The van der Waals surface area contributed by atoms with E-state index in [2.05, 4.69) is 13.8 Å². The van der Waals surface area contributed by atoms with Gasteiger partial charge in [-0.1, -0.05) is 39.5 Å². The molecule has 1 heterocycles. The lowest BCUT2D eigenvalue weighted by molar-refractivity contribution is 0.283. The Balaban J connectivity index is 2.52. The molecule has 2 N–H and O–H groups in total. The molecule has 0 spiro atoms. The summed E-state index contributed by atoms with van der Waals surface area (Å²) < 4.78 is 13.1. The van der Waals surface area contributed by atoms with E-state index in [1.54, 1.807) is 11.7 Å². The molecule has 0 aliphatic carbocycles. The van der Waals surface area contributed by atoms with E-state index in [0.29, 0.717) is 30.3 Å². The summed E-state index contributed by atoms with van der Waals surface area (Å²) >= 11 is 0. The number of anilines is 1. The van der Waals surface area contributed by atoms with Crippen molar-refractivity contribution >= 4 is 16.6 Å². The van der Waals surface area contributed by atoms with Gasteiger partial charge in [-0.2, -0.15) is 0 Å². The van der Waals surface area contributed by atoms with Gasteiger partial charge >= 0.3 is 0 Å². The third-order valence-corrected chi connectivity index (χ3v) is 4.39. The van der Waals surface area contributed by atoms with Gasteiger partial charge in [0.1, 0.15) is 0 Å². The molecule has 0 saturated carbocycles. The fraction of sp³-hybridized carbons (Fsp3) is 0.550. The zero-order valence-electron chi connectivity index (χ0n) is 15.6. The molecule has 5 nitrogen and oxygen atoms in total. The number of unbranched alkanes of at least 4 members (excludes halogenated alkanes) is 4. The van der Waals surface area contributed by atoms with E-state index in [1.165, 1.54) is 6.42 Å². The van der Waals surface area contributed by atoms with Gasteiger partial charge in [0.25, 0.3) is 5.56 Å². The highest BCUT2D eigenvalue weighted by Gasteiger charge is 2.19. The number of pyridine rings is 1. The quantitative estimate of drug-likeness (QED) is 0.513. The number of rotatable bonds is 10. The van der Waals surface area contributed by atoms with Crippen molar-refractivity contribution in [2.24, 2.45) is 0 Å². The van der Waals surface area contributed by atoms with Gasteiger partial charge in [-0.3, -0.25) is 4.79 Å². The predicted molar refractivity (Wildman–Crippen MR) is 104 cm³/mol. The van der Waals surface area contributed by atoms with Gasteiger partial charge in [0.05, 0.1) is 19.2 Å². The van der Waals surface area contributed by atoms with Crippen LogP contribution < -0.4 is 20.8 Å². The maximum atomic E-state index is 13.0. The van der Waals surface area contributed by atoms with Crippen molar-refractivity contribution < 1.29 is 9.47 Å². The lowest BCUT2D eigenvalue weighted by Gasteiger charge is -2.17. The maximum absolute atomic E-state index is 13.0. The summed E-state index contributed by atoms with van der Waals surface area (Å²) in [5.74, 6) is 0.810. The van der Waals surface area contributed by atoms with Crippen LogP contribution in [0.4, 0.5) is 5.69 Å². The number of nitrogens with two attached hydrogens (primary N) is 1. The molecule has 1 aromatic heterocycles. The van der Waals surface area contributed by atoms with Crippen LogP contribution in [0.5, 0.6) is 11.5 Å². The molecule has 5 heteroatoms. The number of aryl methyl sites for hydroxylation is 1. The van der Waals surface area contributed by atoms with Gasteiger partial charge in [-0.25, -0.2) is 0 Å². The number of nitrogens with zero attached hydrogens (tertiary/aromatic N) is 1. The molecular weight excluding hydrogens is 316 g/mol. The van der Waals surface area contributed by atoms with Gasteiger partial charge in [-0.15, -0.1) is 0 Å². The minimum atomic E-state index is -0.137. The monoisotopic (exact) mass is 346 g/mol. The van der Waals surface area contributed by atoms with E-state index in [4.69, 9.17) is 15.2 Å². The minimum absolute atomic E-state index is 0.137. The molecule has 2 aromatic rings. The second kappa shape index (κ2) is 9.35. The number of ether oxygens (including phenoxy) is 2. The number of hydrogen-bond donors (Lipinski definition) is 1. The second-order valence-corrected chi connectivity index (χ2v) is 6.36. The van der Waals surface area contributed by atoms with Crippen molar-refractivity contribution in [3.63, 3.8) is 0 Å². The summed E-state index contributed by atoms with van der Waals surface area (Å²) in [6.45, 7) is 5.44. The van der Waals surface area contributed by atoms with E-state index in [0.717, 1.165) is 43.0 Å². The highest BCUT2D eigenvalue weighted by atomic mass is 16.5. The van der Waals surface area contributed by atoms with Crippen LogP contribution in [-0.2, 0) is 6.54 Å². The Morgan fingerprint density at radius 3 is 2.48 bits per heavy atom. The van der Waals surface area contributed by atoms with Gasteiger partial charge in [0, 0.05) is 17.6 Å². The van der Waals surface area contributed by atoms with E-state index in [-0.39, 0.29) is 5.56 Å². The Hall–Kier alpha value is -2.17. The molecule has 1 aromatic carbocycles. The Kier molecular flexibility index (Phi) is 7.16. The van der Waals surface area contributed by atoms with Gasteiger partial charge in [-0.05, 0) is 31.0 Å². The molecular formula is C20H30N2O3. The summed E-state index contributed by atoms with van der Waals surface area (Å²) in [6.07, 6.45) is 6.31. The Morgan fingerprint density at radius 2 is 1.80 bits per heavy atom. The number of benzene rings is 1. The fourth-order valence-electron chi connectivity index (χ4n) is 2.98. The SMILES string of the molecule is CCCCCCn1c(=O)c(OCCCC)c(OC)c2ccc(N)cc21. The van der Waals surface area contributed by atoms with E-state index in [9.17, 15) is 4.79 Å². The van der Waals surface area contributed by atoms with Crippen LogP contribution in [0, 0.1) is 0 Å². The molecule has 25 heavy (non-hydrogen) atoms. The average Bonchev–Trinajstić information content (AvgIpc) is 2.61. The number of aromatic nitrogens is 1. The van der Waals surface area contributed by atoms with Gasteiger partial charge < -0.3 is 19.8 Å². The van der Waals surface area contributed by atoms with E-state index >= 15 is 0 Å². The van der Waals surface area contributed by atoms with E-state index in [1.807, 2.05) is 18.2 Å². The molecule has 0 bridgehead atoms. The fourth-order valence-corrected chi connectivity index (χ4v) is 2.98. The normalized spacial score (nSPS) is 11.0. The van der Waals surface area contributed by atoms with Gasteiger partial charge in [0.15, 0.2) is 5.75 Å². The zero-order chi connectivity index (χ0) is 18.2. The van der Waals surface area contributed by atoms with Crippen LogP contribution in [0.3, 0.4) is 0 Å². The van der Waals surface area contributed by atoms with E-state index < -0.39 is 0 Å². The summed E-state index contributed by atoms with van der Waals surface area (Å²) in [6, 6.07) is 5.57. The Labute approximate surface area is 149 Å². The first-order chi connectivity index (χ1) is 12.1. The summed E-state index contributed by atoms with van der Waals surface area (Å²) in [5.41, 5.74) is 7.26. The zero-order valence-corrected chi connectivity index (χ0v) is 15.6. The first-order valence-electron chi connectivity index (χ1n) is 9.26. The van der Waals surface area contributed by atoms with Crippen LogP contribution >= 0.6 is 0 Å². The molecule has 0 atom stereocenters. The second-order valence-electron chi connectivity index (χ2n) is 6.36. The van der Waals surface area contributed by atoms with Crippen LogP contribution in [0.1, 0.15) is 52.4 Å². The standard InChI is InChI=1S/C20H30N2O3/c1-4-6-8-9-12-22-17-14-15(21)10-11-16(17)18(24-3)19(20(22)23)25-13-7-5-2/h10-11,14H,4-9,12-13,21H2,1-3H3. The highest BCUT2D eigenvalue weighted by molar-refractivity contribution is 5.90. The molecule has 0 radical (unpaired) electrons. The lowest BCUT2D eigenvalue weighted by Crippen LogP contribution is -2.24.